The maximum atomic E-state index is 12.9. The highest BCUT2D eigenvalue weighted by molar-refractivity contribution is 5.91. The fraction of sp³-hybridized carbons (Fsp3) is 0.364. The molecule has 0 spiro atoms. The minimum absolute atomic E-state index is 0.0195. The molecule has 1 aliphatic rings. The SMILES string of the molecule is CCOc1ccc(OCC(=O)N2CC[NH+](CC(=O)Nc3ccc(F)cc3)CC2)cc1. The fourth-order valence-corrected chi connectivity index (χ4v) is 3.25. The number of carbonyl (C=O) groups excluding carboxylic acids is 2. The third kappa shape index (κ3) is 6.45. The number of rotatable bonds is 8. The molecule has 0 aliphatic carbocycles. The maximum absolute atomic E-state index is 12.9. The van der Waals surface area contributed by atoms with Crippen LogP contribution in [-0.4, -0.2) is 62.7 Å². The number of nitrogens with zero attached hydrogens (tertiary/aromatic N) is 1. The van der Waals surface area contributed by atoms with E-state index in [9.17, 15) is 14.0 Å². The molecular formula is C22H27FN3O4+. The van der Waals surface area contributed by atoms with E-state index >= 15 is 0 Å². The van der Waals surface area contributed by atoms with Gasteiger partial charge in [0.2, 0.25) is 0 Å². The average molecular weight is 416 g/mol. The van der Waals surface area contributed by atoms with Gasteiger partial charge >= 0.3 is 0 Å². The Balaban J connectivity index is 1.37. The summed E-state index contributed by atoms with van der Waals surface area (Å²) in [7, 11) is 0. The van der Waals surface area contributed by atoms with Gasteiger partial charge in [-0.15, -0.1) is 0 Å². The van der Waals surface area contributed by atoms with Crippen LogP contribution < -0.4 is 19.7 Å². The molecule has 160 valence electrons. The molecule has 2 aromatic carbocycles. The predicted octanol–water partition coefficient (Wildman–Crippen LogP) is 0.969. The Morgan fingerprint density at radius 2 is 1.60 bits per heavy atom. The van der Waals surface area contributed by atoms with Crippen molar-refractivity contribution in [3.8, 4) is 11.5 Å². The monoisotopic (exact) mass is 416 g/mol. The van der Waals surface area contributed by atoms with Crippen LogP contribution in [0.5, 0.6) is 11.5 Å². The first-order valence-corrected chi connectivity index (χ1v) is 10.1. The number of benzene rings is 2. The van der Waals surface area contributed by atoms with Crippen molar-refractivity contribution in [3.05, 3.63) is 54.3 Å². The van der Waals surface area contributed by atoms with Gasteiger partial charge in [0.25, 0.3) is 11.8 Å². The van der Waals surface area contributed by atoms with Crippen LogP contribution in [0.15, 0.2) is 48.5 Å². The lowest BCUT2D eigenvalue weighted by Gasteiger charge is -2.31. The minimum atomic E-state index is -0.342. The zero-order valence-corrected chi connectivity index (χ0v) is 17.0. The summed E-state index contributed by atoms with van der Waals surface area (Å²) in [6.45, 7) is 5.33. The van der Waals surface area contributed by atoms with Crippen LogP contribution in [0.25, 0.3) is 0 Å². The predicted molar refractivity (Wildman–Crippen MR) is 110 cm³/mol. The zero-order chi connectivity index (χ0) is 21.3. The molecule has 1 saturated heterocycles. The largest absolute Gasteiger partial charge is 0.494 e. The van der Waals surface area contributed by atoms with Crippen LogP contribution in [0.1, 0.15) is 6.92 Å². The third-order valence-corrected chi connectivity index (χ3v) is 4.86. The lowest BCUT2D eigenvalue weighted by atomic mass is 10.3. The molecule has 0 unspecified atom stereocenters. The van der Waals surface area contributed by atoms with E-state index in [-0.39, 0.29) is 24.2 Å². The summed E-state index contributed by atoms with van der Waals surface area (Å²) in [6.07, 6.45) is 0. The number of piperazine rings is 1. The molecular weight excluding hydrogens is 389 g/mol. The van der Waals surface area contributed by atoms with E-state index in [0.29, 0.717) is 50.8 Å². The molecule has 2 amide bonds. The standard InChI is InChI=1S/C22H26FN3O4/c1-2-29-19-7-9-20(10-8-19)30-16-22(28)26-13-11-25(12-14-26)15-21(27)24-18-5-3-17(23)4-6-18/h3-10H,2,11-16H2,1H3,(H,24,27)/p+1. The first-order chi connectivity index (χ1) is 14.5. The van der Waals surface area contributed by atoms with E-state index in [4.69, 9.17) is 9.47 Å². The molecule has 2 aromatic rings. The highest BCUT2D eigenvalue weighted by atomic mass is 19.1. The number of ether oxygens (including phenoxy) is 2. The number of amides is 2. The van der Waals surface area contributed by atoms with Crippen molar-refractivity contribution < 1.29 is 28.4 Å². The summed E-state index contributed by atoms with van der Waals surface area (Å²) in [4.78, 5) is 27.4. The Bertz CT molecular complexity index is 834. The fourth-order valence-electron chi connectivity index (χ4n) is 3.25. The smallest absolute Gasteiger partial charge is 0.279 e. The van der Waals surface area contributed by atoms with Crippen LogP contribution in [0.3, 0.4) is 0 Å². The molecule has 7 nitrogen and oxygen atoms in total. The molecule has 0 atom stereocenters. The first-order valence-electron chi connectivity index (χ1n) is 10.1. The second-order valence-electron chi connectivity index (χ2n) is 7.06. The van der Waals surface area contributed by atoms with Crippen LogP contribution in [0.2, 0.25) is 0 Å². The second-order valence-corrected chi connectivity index (χ2v) is 7.06. The van der Waals surface area contributed by atoms with Gasteiger partial charge in [-0.2, -0.15) is 0 Å². The minimum Gasteiger partial charge on any atom is -0.494 e. The van der Waals surface area contributed by atoms with Gasteiger partial charge in [0.05, 0.1) is 32.8 Å². The lowest BCUT2D eigenvalue weighted by molar-refractivity contribution is -0.895. The summed E-state index contributed by atoms with van der Waals surface area (Å²) in [5, 5.41) is 2.76. The quantitative estimate of drug-likeness (QED) is 0.673. The van der Waals surface area contributed by atoms with Gasteiger partial charge in [0.1, 0.15) is 17.3 Å². The molecule has 0 bridgehead atoms. The van der Waals surface area contributed by atoms with Crippen molar-refractivity contribution in [1.29, 1.82) is 0 Å². The van der Waals surface area contributed by atoms with Crippen molar-refractivity contribution in [2.24, 2.45) is 0 Å². The van der Waals surface area contributed by atoms with E-state index in [0.717, 1.165) is 10.6 Å². The topological polar surface area (TPSA) is 72.3 Å². The van der Waals surface area contributed by atoms with E-state index < -0.39 is 0 Å². The Morgan fingerprint density at radius 1 is 1.00 bits per heavy atom. The number of hydrogen-bond acceptors (Lipinski definition) is 4. The van der Waals surface area contributed by atoms with Gasteiger partial charge in [-0.1, -0.05) is 0 Å². The van der Waals surface area contributed by atoms with Crippen LogP contribution in [-0.2, 0) is 9.59 Å². The summed E-state index contributed by atoms with van der Waals surface area (Å²) in [6, 6.07) is 12.8. The molecule has 1 aliphatic heterocycles. The maximum Gasteiger partial charge on any atom is 0.279 e. The normalized spacial score (nSPS) is 14.3. The molecule has 0 radical (unpaired) electrons. The van der Waals surface area contributed by atoms with E-state index in [1.807, 2.05) is 19.1 Å². The van der Waals surface area contributed by atoms with Crippen LogP contribution in [0.4, 0.5) is 10.1 Å². The van der Waals surface area contributed by atoms with Gasteiger partial charge in [0.15, 0.2) is 13.2 Å². The molecule has 30 heavy (non-hydrogen) atoms. The Hall–Kier alpha value is -3.13. The average Bonchev–Trinajstić information content (AvgIpc) is 2.75. The van der Waals surface area contributed by atoms with Crippen molar-refractivity contribution in [3.63, 3.8) is 0 Å². The molecule has 0 aromatic heterocycles. The van der Waals surface area contributed by atoms with Crippen LogP contribution >= 0.6 is 0 Å². The van der Waals surface area contributed by atoms with Gasteiger partial charge in [-0.25, -0.2) is 4.39 Å². The molecule has 0 saturated carbocycles. The molecule has 2 N–H and O–H groups in total. The van der Waals surface area contributed by atoms with Crippen molar-refractivity contribution in [1.82, 2.24) is 4.90 Å². The molecule has 8 heteroatoms. The highest BCUT2D eigenvalue weighted by Crippen LogP contribution is 2.17. The van der Waals surface area contributed by atoms with Crippen molar-refractivity contribution in [2.75, 3.05) is 51.3 Å². The number of carbonyl (C=O) groups is 2. The first kappa shape index (κ1) is 21.6. The van der Waals surface area contributed by atoms with Crippen molar-refractivity contribution in [2.45, 2.75) is 6.92 Å². The van der Waals surface area contributed by atoms with Crippen LogP contribution in [0, 0.1) is 5.82 Å². The Morgan fingerprint density at radius 3 is 2.20 bits per heavy atom. The number of anilines is 1. The summed E-state index contributed by atoms with van der Waals surface area (Å²) >= 11 is 0. The number of nitrogens with one attached hydrogen (secondary N) is 2. The van der Waals surface area contributed by atoms with Gasteiger partial charge in [-0.3, -0.25) is 9.59 Å². The summed E-state index contributed by atoms with van der Waals surface area (Å²) in [5.41, 5.74) is 0.570. The van der Waals surface area contributed by atoms with E-state index in [2.05, 4.69) is 5.32 Å². The van der Waals surface area contributed by atoms with Crippen molar-refractivity contribution >= 4 is 17.5 Å². The second kappa shape index (κ2) is 10.6. The molecule has 1 fully saturated rings. The van der Waals surface area contributed by atoms with E-state index in [1.165, 1.54) is 24.3 Å². The van der Waals surface area contributed by atoms with Gasteiger partial charge in [-0.05, 0) is 55.5 Å². The zero-order valence-electron chi connectivity index (χ0n) is 17.0. The number of halogens is 1. The molecule has 1 heterocycles. The van der Waals surface area contributed by atoms with Gasteiger partial charge < -0.3 is 24.6 Å². The Labute approximate surface area is 175 Å². The summed E-state index contributed by atoms with van der Waals surface area (Å²) in [5.74, 6) is 0.840. The highest BCUT2D eigenvalue weighted by Gasteiger charge is 2.25. The van der Waals surface area contributed by atoms with E-state index in [1.54, 1.807) is 17.0 Å². The lowest BCUT2D eigenvalue weighted by Crippen LogP contribution is -3.15. The number of hydrogen-bond donors (Lipinski definition) is 2. The molecule has 3 rings (SSSR count). The Kier molecular flexibility index (Phi) is 7.62. The third-order valence-electron chi connectivity index (χ3n) is 4.86. The van der Waals surface area contributed by atoms with Gasteiger partial charge in [0, 0.05) is 5.69 Å². The summed E-state index contributed by atoms with van der Waals surface area (Å²) < 4.78 is 23.9. The number of quaternary nitrogens is 1.